The van der Waals surface area contributed by atoms with Crippen LogP contribution in [0.5, 0.6) is 0 Å². The number of nitrogen functional groups attached to an aromatic ring is 1. The van der Waals surface area contributed by atoms with Crippen molar-refractivity contribution in [1.29, 1.82) is 0 Å². The number of rotatable bonds is 6. The third-order valence-electron chi connectivity index (χ3n) is 7.26. The molecule has 0 saturated heterocycles. The Morgan fingerprint density at radius 2 is 1.78 bits per heavy atom. The van der Waals surface area contributed by atoms with E-state index in [0.29, 0.717) is 11.1 Å². The van der Waals surface area contributed by atoms with Crippen molar-refractivity contribution in [1.82, 2.24) is 10.2 Å². The highest BCUT2D eigenvalue weighted by Gasteiger charge is 2.52. The van der Waals surface area contributed by atoms with E-state index in [1.165, 1.54) is 38.5 Å². The van der Waals surface area contributed by atoms with Crippen molar-refractivity contribution in [3.8, 4) is 0 Å². The van der Waals surface area contributed by atoms with Crippen LogP contribution in [-0.2, 0) is 0 Å². The predicted octanol–water partition coefficient (Wildman–Crippen LogP) is 4.02. The second-order valence-corrected chi connectivity index (χ2v) is 9.05. The molecule has 0 aromatic heterocycles. The number of nitrogens with two attached hydrogens (primary N) is 1. The van der Waals surface area contributed by atoms with Crippen LogP contribution in [0.3, 0.4) is 0 Å². The lowest BCUT2D eigenvalue weighted by Crippen LogP contribution is -2.60. The van der Waals surface area contributed by atoms with Gasteiger partial charge < -0.3 is 11.1 Å². The zero-order valence-electron chi connectivity index (χ0n) is 16.7. The van der Waals surface area contributed by atoms with Crippen LogP contribution in [0.15, 0.2) is 18.2 Å². The third-order valence-corrected chi connectivity index (χ3v) is 7.26. The fourth-order valence-electron chi connectivity index (χ4n) is 6.41. The molecule has 5 rings (SSSR count). The van der Waals surface area contributed by atoms with E-state index < -0.39 is 0 Å². The van der Waals surface area contributed by atoms with Crippen molar-refractivity contribution >= 4 is 24.0 Å². The van der Waals surface area contributed by atoms with Crippen LogP contribution < -0.4 is 11.1 Å². The Labute approximate surface area is 169 Å². The minimum Gasteiger partial charge on any atom is -0.399 e. The number of halogens is 1. The van der Waals surface area contributed by atoms with Crippen LogP contribution in [0.4, 0.5) is 5.69 Å². The molecule has 4 aliphatic rings. The van der Waals surface area contributed by atoms with Crippen LogP contribution in [0.1, 0.15) is 61.4 Å². The van der Waals surface area contributed by atoms with Crippen LogP contribution >= 0.6 is 12.4 Å². The first-order valence-electron chi connectivity index (χ1n) is 10.4. The number of carbonyl (C=O) groups excluding carboxylic acids is 1. The van der Waals surface area contributed by atoms with E-state index in [0.717, 1.165) is 48.6 Å². The number of benzene rings is 1. The summed E-state index contributed by atoms with van der Waals surface area (Å²) in [7, 11) is 0. The molecule has 0 radical (unpaired) electrons. The van der Waals surface area contributed by atoms with Gasteiger partial charge in [-0.1, -0.05) is 6.92 Å². The summed E-state index contributed by atoms with van der Waals surface area (Å²) in [5.41, 5.74) is 8.67. The minimum absolute atomic E-state index is 0. The van der Waals surface area contributed by atoms with Crippen LogP contribution in [0.25, 0.3) is 0 Å². The Hall–Kier alpha value is -1.26. The van der Waals surface area contributed by atoms with Gasteiger partial charge in [0, 0.05) is 29.9 Å². The van der Waals surface area contributed by atoms with Crippen LogP contribution in [-0.4, -0.2) is 36.0 Å². The monoisotopic (exact) mass is 391 g/mol. The highest BCUT2D eigenvalue weighted by Crippen LogP contribution is 2.57. The summed E-state index contributed by atoms with van der Waals surface area (Å²) in [6.45, 7) is 6.99. The van der Waals surface area contributed by atoms with E-state index in [1.807, 2.05) is 25.1 Å². The van der Waals surface area contributed by atoms with Crippen molar-refractivity contribution in [3.63, 3.8) is 0 Å². The summed E-state index contributed by atoms with van der Waals surface area (Å²) in [6.07, 6.45) is 8.59. The Morgan fingerprint density at radius 1 is 1.19 bits per heavy atom. The van der Waals surface area contributed by atoms with E-state index in [1.54, 1.807) is 0 Å². The topological polar surface area (TPSA) is 58.4 Å². The molecule has 1 amide bonds. The minimum atomic E-state index is 0. The summed E-state index contributed by atoms with van der Waals surface area (Å²) < 4.78 is 0. The molecule has 4 fully saturated rings. The Kier molecular flexibility index (Phi) is 6.07. The number of anilines is 1. The Balaban J connectivity index is 0.00000210. The van der Waals surface area contributed by atoms with Gasteiger partial charge >= 0.3 is 0 Å². The van der Waals surface area contributed by atoms with E-state index in [2.05, 4.69) is 17.1 Å². The smallest absolute Gasteiger partial charge is 0.251 e. The average Bonchev–Trinajstić information content (AvgIpc) is 2.59. The van der Waals surface area contributed by atoms with Gasteiger partial charge in [-0.15, -0.1) is 12.4 Å². The molecule has 4 bridgehead atoms. The van der Waals surface area contributed by atoms with Gasteiger partial charge in [-0.2, -0.15) is 0 Å². The van der Waals surface area contributed by atoms with Crippen molar-refractivity contribution in [2.45, 2.75) is 57.9 Å². The maximum atomic E-state index is 12.5. The maximum Gasteiger partial charge on any atom is 0.251 e. The molecule has 0 heterocycles. The molecule has 4 nitrogen and oxygen atoms in total. The van der Waals surface area contributed by atoms with E-state index in [9.17, 15) is 4.79 Å². The highest BCUT2D eigenvalue weighted by molar-refractivity contribution is 5.94. The van der Waals surface area contributed by atoms with E-state index in [-0.39, 0.29) is 18.3 Å². The third kappa shape index (κ3) is 3.97. The molecule has 1 aromatic carbocycles. The largest absolute Gasteiger partial charge is 0.399 e. The lowest BCUT2D eigenvalue weighted by atomic mass is 9.52. The quantitative estimate of drug-likeness (QED) is 0.720. The number of hydrogen-bond donors (Lipinski definition) is 2. The first-order chi connectivity index (χ1) is 12.5. The van der Waals surface area contributed by atoms with Crippen molar-refractivity contribution < 1.29 is 4.79 Å². The van der Waals surface area contributed by atoms with E-state index in [4.69, 9.17) is 5.73 Å². The molecule has 5 heteroatoms. The van der Waals surface area contributed by atoms with Crippen molar-refractivity contribution in [2.75, 3.05) is 25.4 Å². The summed E-state index contributed by atoms with van der Waals surface area (Å²) in [6, 6.07) is 5.51. The zero-order valence-corrected chi connectivity index (χ0v) is 17.5. The molecule has 0 spiro atoms. The summed E-state index contributed by atoms with van der Waals surface area (Å²) >= 11 is 0. The first kappa shape index (κ1) is 20.5. The molecule has 0 atom stereocenters. The Morgan fingerprint density at radius 3 is 2.30 bits per heavy atom. The van der Waals surface area contributed by atoms with Crippen molar-refractivity contribution in [2.24, 2.45) is 17.8 Å². The second kappa shape index (κ2) is 8.00. The van der Waals surface area contributed by atoms with Gasteiger partial charge in [0.25, 0.3) is 5.91 Å². The lowest BCUT2D eigenvalue weighted by Gasteiger charge is -2.60. The zero-order chi connectivity index (χ0) is 18.3. The molecule has 1 aromatic rings. The maximum absolute atomic E-state index is 12.5. The Bertz CT molecular complexity index is 655. The highest BCUT2D eigenvalue weighted by atomic mass is 35.5. The fraction of sp³-hybridized carbons (Fsp3) is 0.682. The standard InChI is InChI=1S/C22H33N3O.ClH/c1-3-25(22-12-16-9-17(13-22)11-18(10-16)14-22)7-6-24-21(26)19-4-5-20(23)15(2)8-19;/h4-5,8,16-18H,3,6-7,9-14,23H2,1-2H3,(H,24,26);1H. The van der Waals surface area contributed by atoms with Crippen LogP contribution in [0.2, 0.25) is 0 Å². The van der Waals surface area contributed by atoms with Gasteiger partial charge in [-0.3, -0.25) is 9.69 Å². The fourth-order valence-corrected chi connectivity index (χ4v) is 6.41. The van der Waals surface area contributed by atoms with Gasteiger partial charge in [0.2, 0.25) is 0 Å². The van der Waals surface area contributed by atoms with Gasteiger partial charge in [0.15, 0.2) is 0 Å². The lowest BCUT2D eigenvalue weighted by molar-refractivity contribution is -0.0863. The van der Waals surface area contributed by atoms with Gasteiger partial charge in [-0.25, -0.2) is 0 Å². The first-order valence-corrected chi connectivity index (χ1v) is 10.4. The van der Waals surface area contributed by atoms with Gasteiger partial charge in [0.05, 0.1) is 0 Å². The van der Waals surface area contributed by atoms with Crippen LogP contribution in [0, 0.1) is 24.7 Å². The normalized spacial score (nSPS) is 31.0. The number of likely N-dealkylation sites (N-methyl/N-ethyl adjacent to an activating group) is 1. The molecule has 27 heavy (non-hydrogen) atoms. The molecule has 0 aliphatic heterocycles. The summed E-state index contributed by atoms with van der Waals surface area (Å²) in [5, 5.41) is 3.12. The predicted molar refractivity (Wildman–Crippen MR) is 113 cm³/mol. The second-order valence-electron chi connectivity index (χ2n) is 9.05. The number of nitrogens with one attached hydrogen (secondary N) is 1. The average molecular weight is 392 g/mol. The number of amides is 1. The van der Waals surface area contributed by atoms with Gasteiger partial charge in [-0.05, 0) is 93.5 Å². The number of nitrogens with zero attached hydrogens (tertiary/aromatic N) is 1. The molecular weight excluding hydrogens is 358 g/mol. The molecule has 3 N–H and O–H groups in total. The number of carbonyl (C=O) groups is 1. The van der Waals surface area contributed by atoms with Gasteiger partial charge in [0.1, 0.15) is 0 Å². The summed E-state index contributed by atoms with van der Waals surface area (Å²) in [5.74, 6) is 2.89. The summed E-state index contributed by atoms with van der Waals surface area (Å²) in [4.78, 5) is 15.1. The molecule has 4 aliphatic carbocycles. The molecule has 150 valence electrons. The SMILES string of the molecule is CCN(CCNC(=O)c1ccc(N)c(C)c1)C12CC3CC(CC(C3)C1)C2.Cl. The van der Waals surface area contributed by atoms with Crippen molar-refractivity contribution in [3.05, 3.63) is 29.3 Å². The molecule has 0 unspecified atom stereocenters. The number of aryl methyl sites for hydroxylation is 1. The molecule has 4 saturated carbocycles. The van der Waals surface area contributed by atoms with E-state index >= 15 is 0 Å². The molecular formula is C22H34ClN3O. The number of hydrogen-bond acceptors (Lipinski definition) is 3.